The Morgan fingerprint density at radius 2 is 1.86 bits per heavy atom. The highest BCUT2D eigenvalue weighted by molar-refractivity contribution is 7.10. The molecule has 2 aromatic rings. The summed E-state index contributed by atoms with van der Waals surface area (Å²) in [6, 6.07) is 7.70. The van der Waals surface area contributed by atoms with Gasteiger partial charge in [0.05, 0.1) is 30.8 Å². The van der Waals surface area contributed by atoms with Gasteiger partial charge in [0, 0.05) is 4.88 Å². The van der Waals surface area contributed by atoms with Crippen LogP contribution in [0.1, 0.15) is 29.8 Å². The van der Waals surface area contributed by atoms with Crippen molar-refractivity contribution in [2.75, 3.05) is 20.8 Å². The number of ether oxygens (including phenoxy) is 2. The fourth-order valence-corrected chi connectivity index (χ4v) is 3.54. The number of methoxy groups -OCH3 is 2. The summed E-state index contributed by atoms with van der Waals surface area (Å²) in [6.45, 7) is 3.03. The SMILES string of the molecule is CCCNC(c1sccc1Cl)c1c(OC)cccc1OC. The van der Waals surface area contributed by atoms with Gasteiger partial charge < -0.3 is 14.8 Å². The molecule has 0 saturated heterocycles. The Labute approximate surface area is 134 Å². The molecule has 0 spiro atoms. The second-order valence-electron chi connectivity index (χ2n) is 4.60. The lowest BCUT2D eigenvalue weighted by Crippen LogP contribution is -2.23. The van der Waals surface area contributed by atoms with Crippen molar-refractivity contribution >= 4 is 22.9 Å². The van der Waals surface area contributed by atoms with E-state index in [1.807, 2.05) is 29.6 Å². The van der Waals surface area contributed by atoms with Crippen LogP contribution in [0.3, 0.4) is 0 Å². The highest BCUT2D eigenvalue weighted by Crippen LogP contribution is 2.41. The normalized spacial score (nSPS) is 12.2. The maximum absolute atomic E-state index is 6.34. The summed E-state index contributed by atoms with van der Waals surface area (Å²) in [4.78, 5) is 1.08. The second-order valence-corrected chi connectivity index (χ2v) is 5.95. The van der Waals surface area contributed by atoms with Crippen molar-refractivity contribution in [2.24, 2.45) is 0 Å². The van der Waals surface area contributed by atoms with Gasteiger partial charge in [-0.2, -0.15) is 0 Å². The summed E-state index contributed by atoms with van der Waals surface area (Å²) in [5.41, 5.74) is 0.986. The molecule has 0 aliphatic rings. The molecular weight excluding hydrogens is 306 g/mol. The van der Waals surface area contributed by atoms with Gasteiger partial charge in [0.1, 0.15) is 11.5 Å². The van der Waals surface area contributed by atoms with E-state index in [1.165, 1.54) is 0 Å². The van der Waals surface area contributed by atoms with Gasteiger partial charge in [-0.25, -0.2) is 0 Å². The number of halogens is 1. The maximum atomic E-state index is 6.34. The molecule has 2 rings (SSSR count). The van der Waals surface area contributed by atoms with Crippen molar-refractivity contribution < 1.29 is 9.47 Å². The molecule has 0 saturated carbocycles. The van der Waals surface area contributed by atoms with Crippen LogP contribution < -0.4 is 14.8 Å². The second kappa shape index (κ2) is 7.69. The van der Waals surface area contributed by atoms with Crippen molar-refractivity contribution in [2.45, 2.75) is 19.4 Å². The van der Waals surface area contributed by atoms with Crippen LogP contribution in [-0.2, 0) is 0 Å². The van der Waals surface area contributed by atoms with Gasteiger partial charge in [-0.1, -0.05) is 24.6 Å². The zero-order chi connectivity index (χ0) is 15.2. The van der Waals surface area contributed by atoms with Crippen molar-refractivity contribution in [1.29, 1.82) is 0 Å². The number of hydrogen-bond donors (Lipinski definition) is 1. The van der Waals surface area contributed by atoms with E-state index in [1.54, 1.807) is 25.6 Å². The average molecular weight is 326 g/mol. The Balaban J connectivity index is 2.53. The lowest BCUT2D eigenvalue weighted by Gasteiger charge is -2.23. The van der Waals surface area contributed by atoms with E-state index < -0.39 is 0 Å². The van der Waals surface area contributed by atoms with Crippen molar-refractivity contribution in [1.82, 2.24) is 5.32 Å². The summed E-state index contributed by atoms with van der Waals surface area (Å²) in [5, 5.41) is 6.31. The molecule has 0 radical (unpaired) electrons. The van der Waals surface area contributed by atoms with Crippen molar-refractivity contribution in [3.63, 3.8) is 0 Å². The predicted molar refractivity (Wildman–Crippen MR) is 89.0 cm³/mol. The molecule has 0 aliphatic heterocycles. The molecule has 1 N–H and O–H groups in total. The Morgan fingerprint density at radius 3 is 2.33 bits per heavy atom. The van der Waals surface area contributed by atoms with Crippen molar-refractivity contribution in [3.8, 4) is 11.5 Å². The van der Waals surface area contributed by atoms with Gasteiger partial charge in [0.25, 0.3) is 0 Å². The van der Waals surface area contributed by atoms with Gasteiger partial charge in [0.2, 0.25) is 0 Å². The van der Waals surface area contributed by atoms with E-state index in [9.17, 15) is 0 Å². The Bertz CT molecular complexity index is 563. The van der Waals surface area contributed by atoms with Gasteiger partial charge >= 0.3 is 0 Å². The largest absolute Gasteiger partial charge is 0.496 e. The third kappa shape index (κ3) is 3.51. The monoisotopic (exact) mass is 325 g/mol. The molecule has 0 bridgehead atoms. The highest BCUT2D eigenvalue weighted by Gasteiger charge is 2.24. The number of benzene rings is 1. The van der Waals surface area contributed by atoms with E-state index in [0.29, 0.717) is 0 Å². The summed E-state index contributed by atoms with van der Waals surface area (Å²) >= 11 is 7.98. The number of hydrogen-bond acceptors (Lipinski definition) is 4. The van der Waals surface area contributed by atoms with Crippen LogP contribution in [0.4, 0.5) is 0 Å². The minimum atomic E-state index is -0.0384. The Kier molecular flexibility index (Phi) is 5.91. The first kappa shape index (κ1) is 16.1. The molecule has 0 amide bonds. The molecule has 5 heteroatoms. The highest BCUT2D eigenvalue weighted by atomic mass is 35.5. The van der Waals surface area contributed by atoms with Gasteiger partial charge in [-0.05, 0) is 36.5 Å². The topological polar surface area (TPSA) is 30.5 Å². The minimum Gasteiger partial charge on any atom is -0.496 e. The number of nitrogens with one attached hydrogen (secondary N) is 1. The zero-order valence-corrected chi connectivity index (χ0v) is 14.1. The molecule has 114 valence electrons. The first-order valence-corrected chi connectivity index (χ1v) is 8.15. The van der Waals surface area contributed by atoms with Crippen LogP contribution in [0.25, 0.3) is 0 Å². The predicted octanol–water partition coefficient (Wildman–Crippen LogP) is 4.51. The third-order valence-electron chi connectivity index (χ3n) is 3.26. The summed E-state index contributed by atoms with van der Waals surface area (Å²) in [6.07, 6.45) is 1.04. The van der Waals surface area contributed by atoms with Crippen LogP contribution in [0.5, 0.6) is 11.5 Å². The van der Waals surface area contributed by atoms with E-state index in [2.05, 4.69) is 12.2 Å². The van der Waals surface area contributed by atoms with Crippen LogP contribution in [-0.4, -0.2) is 20.8 Å². The fraction of sp³-hybridized carbons (Fsp3) is 0.375. The van der Waals surface area contributed by atoms with E-state index >= 15 is 0 Å². The van der Waals surface area contributed by atoms with Gasteiger partial charge in [0.15, 0.2) is 0 Å². The Hall–Kier alpha value is -1.23. The number of rotatable bonds is 7. The van der Waals surface area contributed by atoms with Crippen LogP contribution in [0, 0.1) is 0 Å². The zero-order valence-electron chi connectivity index (χ0n) is 12.5. The van der Waals surface area contributed by atoms with Crippen molar-refractivity contribution in [3.05, 3.63) is 45.1 Å². The molecule has 0 fully saturated rings. The number of thiophene rings is 1. The Morgan fingerprint density at radius 1 is 1.19 bits per heavy atom. The molecule has 3 nitrogen and oxygen atoms in total. The smallest absolute Gasteiger partial charge is 0.127 e. The third-order valence-corrected chi connectivity index (χ3v) is 4.68. The first-order valence-electron chi connectivity index (χ1n) is 6.90. The molecular formula is C16H20ClNO2S. The van der Waals surface area contributed by atoms with Crippen LogP contribution in [0.2, 0.25) is 5.02 Å². The first-order chi connectivity index (χ1) is 10.2. The van der Waals surface area contributed by atoms with Crippen LogP contribution in [0.15, 0.2) is 29.6 Å². The van der Waals surface area contributed by atoms with Gasteiger partial charge in [-0.15, -0.1) is 11.3 Å². The molecule has 0 aliphatic carbocycles. The van der Waals surface area contributed by atoms with E-state index in [-0.39, 0.29) is 6.04 Å². The van der Waals surface area contributed by atoms with E-state index in [0.717, 1.165) is 39.9 Å². The van der Waals surface area contributed by atoms with E-state index in [4.69, 9.17) is 21.1 Å². The van der Waals surface area contributed by atoms with Gasteiger partial charge in [-0.3, -0.25) is 0 Å². The quantitative estimate of drug-likeness (QED) is 0.812. The summed E-state index contributed by atoms with van der Waals surface area (Å²) < 4.78 is 11.1. The average Bonchev–Trinajstić information content (AvgIpc) is 2.93. The summed E-state index contributed by atoms with van der Waals surface area (Å²) in [5.74, 6) is 1.60. The molecule has 1 heterocycles. The lowest BCUT2D eigenvalue weighted by atomic mass is 10.0. The molecule has 1 aromatic heterocycles. The molecule has 1 unspecified atom stereocenters. The standard InChI is InChI=1S/C16H20ClNO2S/c1-4-9-18-15(16-11(17)8-10-21-16)14-12(19-2)6-5-7-13(14)20-3/h5-8,10,15,18H,4,9H2,1-3H3. The summed E-state index contributed by atoms with van der Waals surface area (Å²) in [7, 11) is 3.34. The molecule has 1 aromatic carbocycles. The maximum Gasteiger partial charge on any atom is 0.127 e. The lowest BCUT2D eigenvalue weighted by molar-refractivity contribution is 0.377. The fourth-order valence-electron chi connectivity index (χ4n) is 2.29. The molecule has 1 atom stereocenters. The van der Waals surface area contributed by atoms with Crippen LogP contribution >= 0.6 is 22.9 Å². The minimum absolute atomic E-state index is 0.0384. The molecule has 21 heavy (non-hydrogen) atoms.